The molecule has 2 unspecified atom stereocenters. The molecule has 3 amide bonds. The van der Waals surface area contributed by atoms with Crippen molar-refractivity contribution in [2.45, 2.75) is 114 Å². The molecule has 1 spiro atoms. The number of amides is 3. The summed E-state index contributed by atoms with van der Waals surface area (Å²) in [6.07, 6.45) is 5.37. The molecule has 0 aromatic carbocycles. The van der Waals surface area contributed by atoms with E-state index in [2.05, 4.69) is 41.3 Å². The number of nitrogens with one attached hydrogen (secondary N) is 1. The molecule has 3 heterocycles. The van der Waals surface area contributed by atoms with E-state index in [1.807, 2.05) is 20.8 Å². The highest BCUT2D eigenvalue weighted by Gasteiger charge is 2.77. The van der Waals surface area contributed by atoms with Crippen molar-refractivity contribution in [3.63, 3.8) is 0 Å². The Morgan fingerprint density at radius 3 is 2.53 bits per heavy atom. The summed E-state index contributed by atoms with van der Waals surface area (Å²) in [5.41, 5.74) is -1.26. The number of rotatable bonds is 17. The van der Waals surface area contributed by atoms with Crippen LogP contribution in [0.3, 0.4) is 0 Å². The molecule has 242 valence electrons. The first-order valence-electron chi connectivity index (χ1n) is 15.6. The molecular formula is C32H50BrN3O7. The predicted octanol–water partition coefficient (Wildman–Crippen LogP) is 3.36. The molecule has 3 aliphatic rings. The van der Waals surface area contributed by atoms with E-state index in [1.165, 1.54) is 4.90 Å². The number of carbonyl (C=O) groups is 4. The zero-order valence-electron chi connectivity index (χ0n) is 26.3. The summed E-state index contributed by atoms with van der Waals surface area (Å²) >= 11 is 3.69. The van der Waals surface area contributed by atoms with Gasteiger partial charge < -0.3 is 29.7 Å². The molecule has 2 bridgehead atoms. The number of nitrogens with zero attached hydrogens (tertiary/aromatic N) is 2. The number of alkyl halides is 1. The molecule has 3 aliphatic heterocycles. The number of carbonyl (C=O) groups excluding carboxylic acids is 4. The molecule has 0 saturated carbocycles. The topological polar surface area (TPSA) is 125 Å². The fraction of sp³-hybridized carbons (Fsp3) is 0.750. The van der Waals surface area contributed by atoms with E-state index in [1.54, 1.807) is 24.0 Å². The molecule has 0 aromatic heterocycles. The molecule has 3 fully saturated rings. The number of hydrogen-bond acceptors (Lipinski definition) is 7. The highest BCUT2D eigenvalue weighted by Crippen LogP contribution is 2.61. The smallest absolute Gasteiger partial charge is 0.312 e. The van der Waals surface area contributed by atoms with Crippen LogP contribution in [0.1, 0.15) is 73.1 Å². The predicted molar refractivity (Wildman–Crippen MR) is 167 cm³/mol. The van der Waals surface area contributed by atoms with Gasteiger partial charge in [-0.3, -0.25) is 19.2 Å². The van der Waals surface area contributed by atoms with Crippen LogP contribution in [0.5, 0.6) is 0 Å². The van der Waals surface area contributed by atoms with E-state index in [-0.39, 0.29) is 47.7 Å². The van der Waals surface area contributed by atoms with Gasteiger partial charge in [-0.05, 0) is 45.4 Å². The molecule has 11 heteroatoms. The molecule has 0 aromatic rings. The summed E-state index contributed by atoms with van der Waals surface area (Å²) in [5.74, 6) is -3.12. The average molecular weight is 669 g/mol. The number of fused-ring (bicyclic) bond motifs is 1. The summed E-state index contributed by atoms with van der Waals surface area (Å²) in [6.45, 7) is 17.3. The third-order valence-corrected chi connectivity index (χ3v) is 9.75. The Labute approximate surface area is 264 Å². The van der Waals surface area contributed by atoms with E-state index in [4.69, 9.17) is 9.47 Å². The van der Waals surface area contributed by atoms with Gasteiger partial charge in [0.15, 0.2) is 0 Å². The van der Waals surface area contributed by atoms with Crippen LogP contribution in [0.4, 0.5) is 0 Å². The van der Waals surface area contributed by atoms with E-state index >= 15 is 0 Å². The minimum atomic E-state index is -1.26. The van der Waals surface area contributed by atoms with E-state index < -0.39 is 47.7 Å². The Morgan fingerprint density at radius 1 is 1.26 bits per heavy atom. The second-order valence-electron chi connectivity index (χ2n) is 12.7. The molecule has 43 heavy (non-hydrogen) atoms. The highest BCUT2D eigenvalue weighted by molar-refractivity contribution is 9.09. The van der Waals surface area contributed by atoms with Gasteiger partial charge in [-0.1, -0.05) is 55.3 Å². The lowest BCUT2D eigenvalue weighted by atomic mass is 9.70. The maximum atomic E-state index is 14.6. The standard InChI is InChI=1S/C32H50BrN3O7/c1-8-11-13-24(38)34-17-21(7)42-31(41)25-26-29(39)36(22(18-37)15-19(4)5)28(32(26)16-23(33)27(25)43-32)30(40)35(14-10-3)20(6)12-9-2/h8,10,19-23,25-28,37H,1,3,9,11-18H2,2,4-7H3,(H,34,38)/t20?,21-,22-,23?,25-,26+,27-,28-,32+/m1/s1. The fourth-order valence-electron chi connectivity index (χ4n) is 7.08. The first-order chi connectivity index (χ1) is 20.4. The maximum Gasteiger partial charge on any atom is 0.312 e. The van der Waals surface area contributed by atoms with Crippen LogP contribution >= 0.6 is 15.9 Å². The van der Waals surface area contributed by atoms with Gasteiger partial charge in [0.25, 0.3) is 0 Å². The number of halogens is 1. The van der Waals surface area contributed by atoms with Gasteiger partial charge in [0, 0.05) is 23.8 Å². The van der Waals surface area contributed by atoms with Crippen molar-refractivity contribution >= 4 is 39.6 Å². The normalized spacial score (nSPS) is 29.6. The van der Waals surface area contributed by atoms with E-state index in [0.717, 1.165) is 12.8 Å². The lowest BCUT2D eigenvalue weighted by Crippen LogP contribution is -2.60. The number of allylic oxidation sites excluding steroid dienone is 1. The van der Waals surface area contributed by atoms with Gasteiger partial charge in [0.05, 0.1) is 37.1 Å². The highest BCUT2D eigenvalue weighted by atomic mass is 79.9. The summed E-state index contributed by atoms with van der Waals surface area (Å²) in [5, 5.41) is 13.3. The van der Waals surface area contributed by atoms with Crippen molar-refractivity contribution in [3.05, 3.63) is 25.3 Å². The molecule has 0 radical (unpaired) electrons. The molecule has 0 aliphatic carbocycles. The van der Waals surface area contributed by atoms with Gasteiger partial charge in [-0.25, -0.2) is 0 Å². The van der Waals surface area contributed by atoms with Crippen molar-refractivity contribution in [1.29, 1.82) is 0 Å². The number of esters is 1. The number of ether oxygens (including phenoxy) is 2. The van der Waals surface area contributed by atoms with Gasteiger partial charge >= 0.3 is 5.97 Å². The van der Waals surface area contributed by atoms with E-state index in [9.17, 15) is 24.3 Å². The SMILES string of the molecule is C=CCCC(=O)NC[C@@H](C)OC(=O)[C@H]1[C@@H]2O[C@@]3(CC2Br)[C@@H]1C(=O)N([C@@H](CO)CC(C)C)[C@@H]3C(=O)N(CC=C)C(C)CCC. The Bertz CT molecular complexity index is 1050. The third kappa shape index (κ3) is 7.20. The number of aliphatic hydroxyl groups excluding tert-OH is 1. The van der Waals surface area contributed by atoms with Crippen LogP contribution in [0.25, 0.3) is 0 Å². The van der Waals surface area contributed by atoms with Crippen LogP contribution in [-0.4, -0.2) is 99.1 Å². The summed E-state index contributed by atoms with van der Waals surface area (Å²) < 4.78 is 12.4. The Morgan fingerprint density at radius 2 is 1.95 bits per heavy atom. The number of aliphatic hydroxyl groups is 1. The first kappa shape index (κ1) is 35.2. The molecule has 2 N–H and O–H groups in total. The molecule has 3 saturated heterocycles. The Balaban J connectivity index is 1.98. The van der Waals surface area contributed by atoms with Gasteiger partial charge in [-0.2, -0.15) is 0 Å². The quantitative estimate of drug-likeness (QED) is 0.138. The van der Waals surface area contributed by atoms with Crippen molar-refractivity contribution in [2.75, 3.05) is 19.7 Å². The average Bonchev–Trinajstić information content (AvgIpc) is 3.55. The lowest BCUT2D eigenvalue weighted by molar-refractivity contribution is -0.160. The maximum absolute atomic E-state index is 14.6. The zero-order chi connectivity index (χ0) is 32.1. The minimum absolute atomic E-state index is 0.109. The molecule has 9 atom stereocenters. The number of likely N-dealkylation sites (tertiary alicyclic amines) is 1. The molecule has 10 nitrogen and oxygen atoms in total. The van der Waals surface area contributed by atoms with Gasteiger partial charge in [-0.15, -0.1) is 13.2 Å². The van der Waals surface area contributed by atoms with E-state index in [0.29, 0.717) is 32.2 Å². The van der Waals surface area contributed by atoms with Gasteiger partial charge in [0.1, 0.15) is 17.7 Å². The minimum Gasteiger partial charge on any atom is -0.460 e. The van der Waals surface area contributed by atoms with Crippen molar-refractivity contribution in [3.8, 4) is 0 Å². The summed E-state index contributed by atoms with van der Waals surface area (Å²) in [4.78, 5) is 57.8. The van der Waals surface area contributed by atoms with Crippen LogP contribution in [-0.2, 0) is 28.7 Å². The summed E-state index contributed by atoms with van der Waals surface area (Å²) in [6, 6.07) is -1.74. The van der Waals surface area contributed by atoms with Crippen molar-refractivity contribution in [1.82, 2.24) is 15.1 Å². The largest absolute Gasteiger partial charge is 0.460 e. The Hall–Kier alpha value is -2.24. The second-order valence-corrected chi connectivity index (χ2v) is 13.8. The fourth-order valence-corrected chi connectivity index (χ4v) is 8.03. The van der Waals surface area contributed by atoms with Crippen LogP contribution in [0, 0.1) is 17.8 Å². The van der Waals surface area contributed by atoms with Crippen LogP contribution < -0.4 is 5.32 Å². The zero-order valence-corrected chi connectivity index (χ0v) is 27.9. The van der Waals surface area contributed by atoms with Crippen molar-refractivity contribution in [2.24, 2.45) is 17.8 Å². The molecular weight excluding hydrogens is 618 g/mol. The summed E-state index contributed by atoms with van der Waals surface area (Å²) in [7, 11) is 0. The van der Waals surface area contributed by atoms with Crippen LogP contribution in [0.15, 0.2) is 25.3 Å². The first-order valence-corrected chi connectivity index (χ1v) is 16.5. The van der Waals surface area contributed by atoms with Gasteiger partial charge in [0.2, 0.25) is 17.7 Å². The second kappa shape index (κ2) is 15.2. The van der Waals surface area contributed by atoms with Crippen molar-refractivity contribution < 1.29 is 33.8 Å². The van der Waals surface area contributed by atoms with Crippen LogP contribution in [0.2, 0.25) is 0 Å². The Kier molecular flexibility index (Phi) is 12.4. The third-order valence-electron chi connectivity index (χ3n) is 8.91. The monoisotopic (exact) mass is 667 g/mol. The molecule has 3 rings (SSSR count). The lowest BCUT2D eigenvalue weighted by Gasteiger charge is -2.41. The number of hydrogen-bond donors (Lipinski definition) is 2.